The van der Waals surface area contributed by atoms with Gasteiger partial charge in [0.15, 0.2) is 5.13 Å². The molecule has 4 rings (SSSR count). The minimum Gasteiger partial charge on any atom is -0.497 e. The highest BCUT2D eigenvalue weighted by molar-refractivity contribution is 7.99. The fourth-order valence-corrected chi connectivity index (χ4v) is 5.50. The summed E-state index contributed by atoms with van der Waals surface area (Å²) in [6, 6.07) is 15.3. The van der Waals surface area contributed by atoms with Crippen molar-refractivity contribution in [3.63, 3.8) is 0 Å². The van der Waals surface area contributed by atoms with Gasteiger partial charge in [0.25, 0.3) is 0 Å². The first-order valence-corrected chi connectivity index (χ1v) is 12.9. The van der Waals surface area contributed by atoms with E-state index >= 15 is 0 Å². The topological polar surface area (TPSA) is 64.5 Å². The lowest BCUT2D eigenvalue weighted by atomic mass is 10.2. The van der Waals surface area contributed by atoms with Crippen LogP contribution in [-0.4, -0.2) is 35.8 Å². The molecule has 9 heteroatoms. The highest BCUT2D eigenvalue weighted by Gasteiger charge is 2.22. The van der Waals surface area contributed by atoms with Gasteiger partial charge >= 0.3 is 0 Å². The second-order valence-corrected chi connectivity index (χ2v) is 9.94. The Hall–Kier alpha value is -2.81. The summed E-state index contributed by atoms with van der Waals surface area (Å²) in [6.07, 6.45) is 4.61. The number of hydrogen-bond donors (Lipinski definition) is 0. The van der Waals surface area contributed by atoms with E-state index in [0.717, 1.165) is 33.1 Å². The van der Waals surface area contributed by atoms with Crippen LogP contribution in [0.25, 0.3) is 10.2 Å². The maximum absolute atomic E-state index is 13.3. The molecule has 0 aliphatic heterocycles. The number of ether oxygens (including phenoxy) is 2. The van der Waals surface area contributed by atoms with E-state index in [2.05, 4.69) is 4.98 Å². The number of halogens is 1. The van der Waals surface area contributed by atoms with Crippen molar-refractivity contribution >= 4 is 56.0 Å². The summed E-state index contributed by atoms with van der Waals surface area (Å²) in [5.41, 5.74) is 1.64. The molecule has 4 aromatic rings. The van der Waals surface area contributed by atoms with Crippen molar-refractivity contribution in [1.82, 2.24) is 9.97 Å². The summed E-state index contributed by atoms with van der Waals surface area (Å²) in [5, 5.41) is 1.19. The highest BCUT2D eigenvalue weighted by Crippen LogP contribution is 2.39. The summed E-state index contributed by atoms with van der Waals surface area (Å²) < 4.78 is 11.5. The van der Waals surface area contributed by atoms with Crippen LogP contribution in [0.3, 0.4) is 0 Å². The fraction of sp³-hybridized carbons (Fsp3) is 0.240. The maximum Gasteiger partial charge on any atom is 0.229 e. The second kappa shape index (κ2) is 11.6. The van der Waals surface area contributed by atoms with Crippen LogP contribution in [0.2, 0.25) is 5.02 Å². The van der Waals surface area contributed by atoms with Crippen LogP contribution in [0.15, 0.2) is 65.8 Å². The number of aromatic nitrogens is 2. The van der Waals surface area contributed by atoms with Gasteiger partial charge in [0, 0.05) is 23.7 Å². The van der Waals surface area contributed by atoms with Gasteiger partial charge in [-0.2, -0.15) is 0 Å². The van der Waals surface area contributed by atoms with E-state index in [1.165, 1.54) is 11.3 Å². The minimum absolute atomic E-state index is 0.0151. The molecule has 0 N–H and O–H groups in total. The normalized spacial score (nSPS) is 10.9. The molecule has 0 saturated carbocycles. The van der Waals surface area contributed by atoms with Crippen LogP contribution in [0.4, 0.5) is 5.13 Å². The first kappa shape index (κ1) is 24.3. The average molecular weight is 514 g/mol. The summed E-state index contributed by atoms with van der Waals surface area (Å²) in [5.74, 6) is 2.31. The molecular weight excluding hydrogens is 490 g/mol. The number of nitrogens with zero attached hydrogens (tertiary/aromatic N) is 3. The third-order valence-electron chi connectivity index (χ3n) is 5.15. The van der Waals surface area contributed by atoms with Crippen molar-refractivity contribution in [3.05, 3.63) is 71.5 Å². The Kier molecular flexibility index (Phi) is 8.26. The predicted octanol–water partition coefficient (Wildman–Crippen LogP) is 6.47. The molecule has 0 atom stereocenters. The molecule has 2 aromatic carbocycles. The number of anilines is 1. The van der Waals surface area contributed by atoms with Gasteiger partial charge in [-0.25, -0.2) is 4.98 Å². The molecule has 0 spiro atoms. The number of methoxy groups -OCH3 is 2. The SMILES string of the molecule is COc1ccc(SCCCC(=O)N(Cc2ccncc2)c2nc3c(OC)ccc(Cl)c3s2)cc1. The van der Waals surface area contributed by atoms with Crippen LogP contribution in [0.5, 0.6) is 11.5 Å². The number of amides is 1. The summed E-state index contributed by atoms with van der Waals surface area (Å²) in [6.45, 7) is 0.409. The number of thiazole rings is 1. The van der Waals surface area contributed by atoms with Crippen molar-refractivity contribution < 1.29 is 14.3 Å². The van der Waals surface area contributed by atoms with Gasteiger partial charge in [-0.1, -0.05) is 22.9 Å². The van der Waals surface area contributed by atoms with E-state index in [4.69, 9.17) is 26.1 Å². The first-order valence-electron chi connectivity index (χ1n) is 10.7. The Bertz CT molecular complexity index is 1250. The molecule has 6 nitrogen and oxygen atoms in total. The molecule has 1 amide bonds. The van der Waals surface area contributed by atoms with Crippen LogP contribution >= 0.6 is 34.7 Å². The molecule has 0 fully saturated rings. The molecule has 0 bridgehead atoms. The number of thioether (sulfide) groups is 1. The van der Waals surface area contributed by atoms with Crippen molar-refractivity contribution in [2.24, 2.45) is 0 Å². The Labute approximate surface area is 211 Å². The van der Waals surface area contributed by atoms with E-state index in [9.17, 15) is 4.79 Å². The van der Waals surface area contributed by atoms with E-state index < -0.39 is 0 Å². The monoisotopic (exact) mass is 513 g/mol. The molecule has 2 heterocycles. The maximum atomic E-state index is 13.3. The van der Waals surface area contributed by atoms with Crippen molar-refractivity contribution in [2.75, 3.05) is 24.9 Å². The molecule has 0 saturated heterocycles. The van der Waals surface area contributed by atoms with Gasteiger partial charge in [0.05, 0.1) is 30.5 Å². The Morgan fingerprint density at radius 2 is 1.82 bits per heavy atom. The number of carbonyl (C=O) groups excluding carboxylic acids is 1. The standard InChI is InChI=1S/C25H24ClN3O3S2/c1-31-18-5-7-19(8-6-18)33-15-3-4-22(30)29(16-17-11-13-27-14-12-17)25-28-23-21(32-2)10-9-20(26)24(23)34-25/h5-14H,3-4,15-16H2,1-2H3. The lowest BCUT2D eigenvalue weighted by molar-refractivity contribution is -0.118. The lowest BCUT2D eigenvalue weighted by Crippen LogP contribution is -2.30. The van der Waals surface area contributed by atoms with Gasteiger partial charge in [-0.05, 0) is 66.3 Å². The molecule has 0 radical (unpaired) electrons. The molecular formula is C25H24ClN3O3S2. The summed E-state index contributed by atoms with van der Waals surface area (Å²) >= 11 is 9.54. The average Bonchev–Trinajstić information content (AvgIpc) is 3.32. The number of hydrogen-bond acceptors (Lipinski definition) is 7. The molecule has 176 valence electrons. The predicted molar refractivity (Wildman–Crippen MR) is 140 cm³/mol. The third kappa shape index (κ3) is 5.81. The first-order chi connectivity index (χ1) is 16.6. The largest absolute Gasteiger partial charge is 0.497 e. The zero-order valence-corrected chi connectivity index (χ0v) is 21.3. The van der Waals surface area contributed by atoms with E-state index in [-0.39, 0.29) is 5.91 Å². The van der Waals surface area contributed by atoms with Gasteiger partial charge in [0.2, 0.25) is 5.91 Å². The molecule has 2 aromatic heterocycles. The number of benzene rings is 2. The zero-order valence-electron chi connectivity index (χ0n) is 18.9. The van der Waals surface area contributed by atoms with E-state index in [0.29, 0.717) is 34.4 Å². The lowest BCUT2D eigenvalue weighted by Gasteiger charge is -2.20. The van der Waals surface area contributed by atoms with Gasteiger partial charge < -0.3 is 9.47 Å². The van der Waals surface area contributed by atoms with E-state index in [1.807, 2.05) is 36.4 Å². The number of fused-ring (bicyclic) bond motifs is 1. The molecule has 34 heavy (non-hydrogen) atoms. The summed E-state index contributed by atoms with van der Waals surface area (Å²) in [7, 11) is 3.25. The van der Waals surface area contributed by atoms with Crippen molar-refractivity contribution in [3.8, 4) is 11.5 Å². The van der Waals surface area contributed by atoms with Crippen molar-refractivity contribution in [1.29, 1.82) is 0 Å². The van der Waals surface area contributed by atoms with Crippen molar-refractivity contribution in [2.45, 2.75) is 24.3 Å². The van der Waals surface area contributed by atoms with Gasteiger partial charge in [-0.15, -0.1) is 11.8 Å². The van der Waals surface area contributed by atoms with Gasteiger partial charge in [-0.3, -0.25) is 14.7 Å². The smallest absolute Gasteiger partial charge is 0.229 e. The summed E-state index contributed by atoms with van der Waals surface area (Å²) in [4.78, 5) is 25.0. The van der Waals surface area contributed by atoms with E-state index in [1.54, 1.807) is 55.4 Å². The number of pyridine rings is 1. The zero-order chi connectivity index (χ0) is 23.9. The number of carbonyl (C=O) groups is 1. The molecule has 0 aliphatic rings. The quantitative estimate of drug-likeness (QED) is 0.179. The molecule has 0 aliphatic carbocycles. The second-order valence-electron chi connectivity index (χ2n) is 7.39. The minimum atomic E-state index is 0.0151. The third-order valence-corrected chi connectivity index (χ3v) is 7.79. The van der Waals surface area contributed by atoms with Gasteiger partial charge in [0.1, 0.15) is 17.0 Å². The number of rotatable bonds is 10. The highest BCUT2D eigenvalue weighted by atomic mass is 35.5. The van der Waals surface area contributed by atoms with Crippen LogP contribution < -0.4 is 14.4 Å². The van der Waals surface area contributed by atoms with Crippen LogP contribution in [-0.2, 0) is 11.3 Å². The van der Waals surface area contributed by atoms with Crippen LogP contribution in [0.1, 0.15) is 18.4 Å². The fourth-order valence-electron chi connectivity index (χ4n) is 3.37. The van der Waals surface area contributed by atoms with Crippen LogP contribution in [0, 0.1) is 0 Å². The Morgan fingerprint density at radius 1 is 1.06 bits per heavy atom. The Morgan fingerprint density at radius 3 is 2.53 bits per heavy atom. The molecule has 0 unspecified atom stereocenters. The Balaban J connectivity index is 1.49.